The van der Waals surface area contributed by atoms with Crippen molar-refractivity contribution in [3.63, 3.8) is 0 Å². The number of alkyl halides is 1. The Labute approximate surface area is 254 Å². The number of aromatic nitrogens is 3. The summed E-state index contributed by atoms with van der Waals surface area (Å²) in [5.74, 6) is -0.664. The van der Waals surface area contributed by atoms with Crippen molar-refractivity contribution in [2.45, 2.75) is 36.5 Å². The second-order valence-corrected chi connectivity index (χ2v) is 13.6. The molecular weight excluding hydrogens is 601 g/mol. The average molecular weight is 631 g/mol. The quantitative estimate of drug-likeness (QED) is 0.300. The van der Waals surface area contributed by atoms with Crippen molar-refractivity contribution < 1.29 is 17.9 Å². The average Bonchev–Trinajstić information content (AvgIpc) is 3.64. The Balaban J connectivity index is 1.23. The van der Waals surface area contributed by atoms with Gasteiger partial charge in [0.2, 0.25) is 0 Å². The van der Waals surface area contributed by atoms with E-state index in [2.05, 4.69) is 30.4 Å². The van der Waals surface area contributed by atoms with Crippen molar-refractivity contribution in [2.24, 2.45) is 0 Å². The van der Waals surface area contributed by atoms with Gasteiger partial charge in [0.1, 0.15) is 29.9 Å². The van der Waals surface area contributed by atoms with Gasteiger partial charge >= 0.3 is 6.01 Å². The van der Waals surface area contributed by atoms with Gasteiger partial charge < -0.3 is 26.0 Å². The van der Waals surface area contributed by atoms with Gasteiger partial charge in [-0.1, -0.05) is 22.9 Å². The first kappa shape index (κ1) is 27.6. The van der Waals surface area contributed by atoms with Gasteiger partial charge in [0, 0.05) is 62.2 Å². The molecule has 2 atom stereocenters. The number of hydrogen-bond acceptors (Lipinski definition) is 10. The smallest absolute Gasteiger partial charge is 0.319 e. The first-order valence-corrected chi connectivity index (χ1v) is 15.7. The fraction of sp³-hybridized carbons (Fsp3) is 0.483. The number of ether oxygens (including phenoxy) is 1. The molecule has 226 valence electrons. The van der Waals surface area contributed by atoms with E-state index in [0.717, 1.165) is 50.4 Å². The number of benzene rings is 2. The van der Waals surface area contributed by atoms with E-state index in [-0.39, 0.29) is 49.6 Å². The normalized spacial score (nSPS) is 25.1. The van der Waals surface area contributed by atoms with E-state index in [1.54, 1.807) is 6.07 Å². The third kappa shape index (κ3) is 4.42. The maximum atomic E-state index is 16.7. The van der Waals surface area contributed by atoms with Crippen LogP contribution >= 0.6 is 22.9 Å². The fourth-order valence-electron chi connectivity index (χ4n) is 7.42. The van der Waals surface area contributed by atoms with E-state index in [0.29, 0.717) is 42.8 Å². The molecule has 0 unspecified atom stereocenters. The molecule has 4 aliphatic heterocycles. The zero-order valence-corrected chi connectivity index (χ0v) is 24.8. The van der Waals surface area contributed by atoms with Gasteiger partial charge in [-0.3, -0.25) is 4.90 Å². The van der Waals surface area contributed by atoms with E-state index < -0.39 is 23.3 Å². The van der Waals surface area contributed by atoms with E-state index in [4.69, 9.17) is 27.1 Å². The number of halogens is 4. The van der Waals surface area contributed by atoms with Crippen LogP contribution in [0.15, 0.2) is 18.2 Å². The van der Waals surface area contributed by atoms with Crippen LogP contribution in [0.3, 0.4) is 0 Å². The Kier molecular flexibility index (Phi) is 6.43. The Morgan fingerprint density at radius 1 is 1.16 bits per heavy atom. The maximum Gasteiger partial charge on any atom is 0.319 e. The summed E-state index contributed by atoms with van der Waals surface area (Å²) in [5.41, 5.74) is 6.01. The van der Waals surface area contributed by atoms with Gasteiger partial charge in [0.05, 0.1) is 26.3 Å². The summed E-state index contributed by atoms with van der Waals surface area (Å²) < 4.78 is 52.1. The fourth-order valence-corrected chi connectivity index (χ4v) is 8.48. The molecule has 9 nitrogen and oxygen atoms in total. The predicted molar refractivity (Wildman–Crippen MR) is 162 cm³/mol. The molecule has 8 rings (SSSR count). The highest BCUT2D eigenvalue weighted by molar-refractivity contribution is 7.22. The van der Waals surface area contributed by atoms with Crippen LogP contribution < -0.4 is 26.0 Å². The molecule has 2 aromatic heterocycles. The summed E-state index contributed by atoms with van der Waals surface area (Å²) in [5, 5.41) is 7.76. The summed E-state index contributed by atoms with van der Waals surface area (Å²) in [6.45, 7) is 5.33. The standard InChI is InChI=1S/C29H30ClF3N8OS/c30-18-8-17-22(21(33)20(18)16-2-3-19(32)24-23(16)37-26(34)43-24)38-27(42-14-29-4-1-7-41(29)10-15(31)9-29)39-25(17)40-12-28(13-40)11-35-5-6-36-28/h2-3,8,15,35-36H,1,4-7,9-14H2,(H2,34,37)/t15-,29+/m1/s1. The second kappa shape index (κ2) is 10.0. The van der Waals surface area contributed by atoms with Crippen LogP contribution in [0.1, 0.15) is 19.3 Å². The van der Waals surface area contributed by atoms with Crippen molar-refractivity contribution in [2.75, 3.05) is 63.1 Å². The maximum absolute atomic E-state index is 16.7. The number of piperazine rings is 1. The van der Waals surface area contributed by atoms with Crippen molar-refractivity contribution in [1.82, 2.24) is 30.5 Å². The summed E-state index contributed by atoms with van der Waals surface area (Å²) in [6.07, 6.45) is 1.29. The summed E-state index contributed by atoms with van der Waals surface area (Å²) in [4.78, 5) is 17.8. The summed E-state index contributed by atoms with van der Waals surface area (Å²) in [6, 6.07) is 4.39. The lowest BCUT2D eigenvalue weighted by Crippen LogP contribution is -2.76. The zero-order chi connectivity index (χ0) is 29.5. The summed E-state index contributed by atoms with van der Waals surface area (Å²) in [7, 11) is 0. The zero-order valence-electron chi connectivity index (χ0n) is 23.2. The molecule has 0 radical (unpaired) electrons. The SMILES string of the molecule is Nc1nc2c(-c3c(Cl)cc4c(N5CC6(CNCCN6)C5)nc(OC[C@@]56CCCN5C[C@H](F)C6)nc4c3F)ccc(F)c2s1. The third-order valence-electron chi connectivity index (χ3n) is 9.41. The lowest BCUT2D eigenvalue weighted by atomic mass is 9.87. The van der Waals surface area contributed by atoms with Crippen LogP contribution in [-0.2, 0) is 0 Å². The molecule has 1 spiro atoms. The molecule has 0 amide bonds. The minimum atomic E-state index is -0.902. The Hall–Kier alpha value is -2.97. The highest BCUT2D eigenvalue weighted by atomic mass is 35.5. The van der Waals surface area contributed by atoms with Crippen LogP contribution in [0.5, 0.6) is 6.01 Å². The molecule has 43 heavy (non-hydrogen) atoms. The van der Waals surface area contributed by atoms with Gasteiger partial charge in [-0.25, -0.2) is 18.2 Å². The van der Waals surface area contributed by atoms with E-state index >= 15 is 4.39 Å². The van der Waals surface area contributed by atoms with Crippen LogP contribution in [-0.4, -0.2) is 89.5 Å². The second-order valence-electron chi connectivity index (χ2n) is 12.2. The lowest BCUT2D eigenvalue weighted by molar-refractivity contribution is 0.107. The van der Waals surface area contributed by atoms with Crippen molar-refractivity contribution in [3.05, 3.63) is 34.9 Å². The highest BCUT2D eigenvalue weighted by Gasteiger charge is 2.50. The molecule has 4 saturated heterocycles. The van der Waals surface area contributed by atoms with E-state index in [1.807, 2.05) is 0 Å². The minimum absolute atomic E-state index is 0.0241. The largest absolute Gasteiger partial charge is 0.461 e. The molecule has 0 aliphatic carbocycles. The minimum Gasteiger partial charge on any atom is -0.461 e. The molecular formula is C29H30ClF3N8OS. The highest BCUT2D eigenvalue weighted by Crippen LogP contribution is 2.44. The van der Waals surface area contributed by atoms with Crippen LogP contribution in [0.4, 0.5) is 24.1 Å². The Morgan fingerprint density at radius 3 is 2.84 bits per heavy atom. The van der Waals surface area contributed by atoms with E-state index in [1.165, 1.54) is 12.1 Å². The molecule has 4 fully saturated rings. The van der Waals surface area contributed by atoms with Crippen LogP contribution in [0.25, 0.3) is 32.2 Å². The first-order chi connectivity index (χ1) is 20.7. The summed E-state index contributed by atoms with van der Waals surface area (Å²) >= 11 is 7.76. The van der Waals surface area contributed by atoms with Crippen molar-refractivity contribution in [1.29, 1.82) is 0 Å². The van der Waals surface area contributed by atoms with Crippen LogP contribution in [0.2, 0.25) is 5.02 Å². The predicted octanol–water partition coefficient (Wildman–Crippen LogP) is 4.13. The molecule has 6 heterocycles. The Bertz CT molecular complexity index is 1760. The van der Waals surface area contributed by atoms with Gasteiger partial charge in [0.25, 0.3) is 0 Å². The number of anilines is 2. The van der Waals surface area contributed by atoms with Gasteiger partial charge in [-0.2, -0.15) is 9.97 Å². The topological polar surface area (TPSA) is 104 Å². The number of nitrogen functional groups attached to an aromatic ring is 1. The number of fused-ring (bicyclic) bond motifs is 3. The number of thiazole rings is 1. The Morgan fingerprint density at radius 2 is 2.02 bits per heavy atom. The molecule has 2 aromatic carbocycles. The van der Waals surface area contributed by atoms with Crippen molar-refractivity contribution >= 4 is 55.0 Å². The van der Waals surface area contributed by atoms with Gasteiger partial charge in [-0.15, -0.1) is 0 Å². The number of nitrogens with one attached hydrogen (secondary N) is 2. The molecule has 14 heteroatoms. The molecule has 4 aromatic rings. The molecule has 4 aliphatic rings. The first-order valence-electron chi connectivity index (χ1n) is 14.5. The number of rotatable bonds is 5. The monoisotopic (exact) mass is 630 g/mol. The molecule has 4 N–H and O–H groups in total. The van der Waals surface area contributed by atoms with Crippen LogP contribution in [0, 0.1) is 11.6 Å². The van der Waals surface area contributed by atoms with Gasteiger partial charge in [0.15, 0.2) is 10.9 Å². The van der Waals surface area contributed by atoms with E-state index in [9.17, 15) is 8.78 Å². The number of nitrogens with two attached hydrogens (primary N) is 1. The van der Waals surface area contributed by atoms with Gasteiger partial charge in [-0.05, 0) is 37.6 Å². The van der Waals surface area contributed by atoms with Crippen molar-refractivity contribution in [3.8, 4) is 17.1 Å². The number of nitrogens with zero attached hydrogens (tertiary/aromatic N) is 5. The number of hydrogen-bond donors (Lipinski definition) is 3. The lowest BCUT2D eigenvalue weighted by Gasteiger charge is -2.53. The third-order valence-corrected chi connectivity index (χ3v) is 10.6. The molecule has 0 saturated carbocycles. The molecule has 0 bridgehead atoms.